The Kier molecular flexibility index (Phi) is 4.92. The Bertz CT molecular complexity index is 745. The summed E-state index contributed by atoms with van der Waals surface area (Å²) in [6.45, 7) is 2.29. The molecule has 7 heteroatoms. The standard InChI is InChI=1S/C18H21N3O4/c1-12(14-8-5-9-24-14)20-17(22)11-21-10-16(18(23)19-2)25-15-7-4-3-6-13(15)21/h3-9,12,16H,10-11H2,1-2H3,(H,19,23)(H,20,22)/t12-,16+/m0/s1. The highest BCUT2D eigenvalue weighted by Crippen LogP contribution is 2.32. The van der Waals surface area contributed by atoms with Crippen molar-refractivity contribution in [2.75, 3.05) is 25.0 Å². The average Bonchev–Trinajstić information content (AvgIpc) is 3.15. The molecule has 2 aromatic rings. The molecule has 3 rings (SSSR count). The summed E-state index contributed by atoms with van der Waals surface area (Å²) in [7, 11) is 1.56. The number of rotatable bonds is 5. The SMILES string of the molecule is CNC(=O)[C@H]1CN(CC(=O)N[C@@H](C)c2ccco2)c2ccccc2O1. The number of benzene rings is 1. The van der Waals surface area contributed by atoms with Gasteiger partial charge in [-0.25, -0.2) is 0 Å². The Morgan fingerprint density at radius 3 is 2.80 bits per heavy atom. The van der Waals surface area contributed by atoms with Crippen LogP contribution < -0.4 is 20.3 Å². The van der Waals surface area contributed by atoms with Gasteiger partial charge in [-0.1, -0.05) is 12.1 Å². The number of fused-ring (bicyclic) bond motifs is 1. The van der Waals surface area contributed by atoms with Crippen LogP contribution in [0.3, 0.4) is 0 Å². The third-order valence-corrected chi connectivity index (χ3v) is 4.08. The van der Waals surface area contributed by atoms with Gasteiger partial charge in [-0.15, -0.1) is 0 Å². The minimum atomic E-state index is -0.657. The van der Waals surface area contributed by atoms with Crippen LogP contribution in [0.25, 0.3) is 0 Å². The fourth-order valence-electron chi connectivity index (χ4n) is 2.82. The molecular weight excluding hydrogens is 322 g/mol. The van der Waals surface area contributed by atoms with Gasteiger partial charge in [-0.3, -0.25) is 9.59 Å². The molecule has 0 fully saturated rings. The van der Waals surface area contributed by atoms with Crippen molar-refractivity contribution in [3.63, 3.8) is 0 Å². The number of nitrogens with one attached hydrogen (secondary N) is 2. The van der Waals surface area contributed by atoms with Crippen LogP contribution in [0.4, 0.5) is 5.69 Å². The monoisotopic (exact) mass is 343 g/mol. The lowest BCUT2D eigenvalue weighted by atomic mass is 10.1. The third-order valence-electron chi connectivity index (χ3n) is 4.08. The molecule has 0 spiro atoms. The first-order valence-electron chi connectivity index (χ1n) is 8.13. The first kappa shape index (κ1) is 16.9. The van der Waals surface area contributed by atoms with Crippen molar-refractivity contribution in [1.82, 2.24) is 10.6 Å². The maximum atomic E-state index is 12.4. The van der Waals surface area contributed by atoms with E-state index >= 15 is 0 Å². The second kappa shape index (κ2) is 7.29. The van der Waals surface area contributed by atoms with Gasteiger partial charge in [0.1, 0.15) is 11.5 Å². The number of carbonyl (C=O) groups excluding carboxylic acids is 2. The van der Waals surface area contributed by atoms with Crippen LogP contribution in [0.5, 0.6) is 5.75 Å². The van der Waals surface area contributed by atoms with Crippen LogP contribution in [0.15, 0.2) is 47.1 Å². The number of amides is 2. The van der Waals surface area contributed by atoms with Crippen LogP contribution in [0.1, 0.15) is 18.7 Å². The van der Waals surface area contributed by atoms with E-state index in [1.165, 1.54) is 0 Å². The molecule has 25 heavy (non-hydrogen) atoms. The maximum Gasteiger partial charge on any atom is 0.262 e. The first-order chi connectivity index (χ1) is 12.1. The lowest BCUT2D eigenvalue weighted by molar-refractivity contribution is -0.127. The van der Waals surface area contributed by atoms with E-state index in [4.69, 9.17) is 9.15 Å². The zero-order chi connectivity index (χ0) is 17.8. The number of hydrogen-bond donors (Lipinski definition) is 2. The second-order valence-corrected chi connectivity index (χ2v) is 5.87. The highest BCUT2D eigenvalue weighted by molar-refractivity contribution is 5.86. The van der Waals surface area contributed by atoms with Crippen molar-refractivity contribution in [2.24, 2.45) is 0 Å². The number of nitrogens with zero attached hydrogens (tertiary/aromatic N) is 1. The molecule has 2 atom stereocenters. The van der Waals surface area contributed by atoms with Gasteiger partial charge in [0.25, 0.3) is 5.91 Å². The molecule has 132 valence electrons. The third kappa shape index (κ3) is 3.76. The molecule has 0 radical (unpaired) electrons. The molecule has 0 unspecified atom stereocenters. The van der Waals surface area contributed by atoms with E-state index in [-0.39, 0.29) is 24.4 Å². The van der Waals surface area contributed by atoms with Gasteiger partial charge in [0.2, 0.25) is 5.91 Å². The summed E-state index contributed by atoms with van der Waals surface area (Å²) in [4.78, 5) is 26.3. The predicted octanol–water partition coefficient (Wildman–Crippen LogP) is 1.47. The number of para-hydroxylation sites is 2. The molecule has 0 aliphatic carbocycles. The van der Waals surface area contributed by atoms with Crippen molar-refractivity contribution < 1.29 is 18.7 Å². The lowest BCUT2D eigenvalue weighted by Gasteiger charge is -2.35. The molecule has 1 aliphatic rings. The van der Waals surface area contributed by atoms with Gasteiger partial charge in [-0.05, 0) is 31.2 Å². The van der Waals surface area contributed by atoms with E-state index in [0.29, 0.717) is 18.1 Å². The molecule has 1 aromatic heterocycles. The van der Waals surface area contributed by atoms with Crippen LogP contribution in [-0.2, 0) is 9.59 Å². The molecule has 7 nitrogen and oxygen atoms in total. The minimum absolute atomic E-state index is 0.124. The van der Waals surface area contributed by atoms with Gasteiger partial charge in [-0.2, -0.15) is 0 Å². The van der Waals surface area contributed by atoms with E-state index in [0.717, 1.165) is 5.69 Å². The van der Waals surface area contributed by atoms with Crippen molar-refractivity contribution >= 4 is 17.5 Å². The maximum absolute atomic E-state index is 12.4. The molecule has 0 bridgehead atoms. The zero-order valence-corrected chi connectivity index (χ0v) is 14.2. The van der Waals surface area contributed by atoms with Crippen LogP contribution >= 0.6 is 0 Å². The highest BCUT2D eigenvalue weighted by atomic mass is 16.5. The smallest absolute Gasteiger partial charge is 0.262 e. The number of ether oxygens (including phenoxy) is 1. The zero-order valence-electron chi connectivity index (χ0n) is 14.2. The Hall–Kier alpha value is -2.96. The molecular formula is C18H21N3O4. The quantitative estimate of drug-likeness (QED) is 0.859. The van der Waals surface area contributed by atoms with Crippen molar-refractivity contribution in [3.8, 4) is 5.75 Å². The van der Waals surface area contributed by atoms with Crippen LogP contribution in [-0.4, -0.2) is 38.1 Å². The first-order valence-corrected chi connectivity index (χ1v) is 8.13. The fourth-order valence-corrected chi connectivity index (χ4v) is 2.82. The van der Waals surface area contributed by atoms with Crippen molar-refractivity contribution in [1.29, 1.82) is 0 Å². The normalized spacial score (nSPS) is 17.2. The Morgan fingerprint density at radius 2 is 2.08 bits per heavy atom. The molecule has 2 amide bonds. The summed E-state index contributed by atoms with van der Waals surface area (Å²) in [6.07, 6.45) is 0.916. The van der Waals surface area contributed by atoms with Gasteiger partial charge in [0.05, 0.1) is 31.1 Å². The summed E-state index contributed by atoms with van der Waals surface area (Å²) in [5, 5.41) is 5.49. The average molecular weight is 343 g/mol. The Morgan fingerprint density at radius 1 is 1.28 bits per heavy atom. The van der Waals surface area contributed by atoms with Crippen molar-refractivity contribution in [3.05, 3.63) is 48.4 Å². The molecule has 2 N–H and O–H groups in total. The van der Waals surface area contributed by atoms with Gasteiger partial charge >= 0.3 is 0 Å². The van der Waals surface area contributed by atoms with E-state index < -0.39 is 6.10 Å². The summed E-state index contributed by atoms with van der Waals surface area (Å²) < 4.78 is 11.0. The van der Waals surface area contributed by atoms with Gasteiger partial charge < -0.3 is 24.7 Å². The Labute approximate surface area is 145 Å². The minimum Gasteiger partial charge on any atom is -0.477 e. The van der Waals surface area contributed by atoms with Gasteiger partial charge in [0, 0.05) is 7.05 Å². The summed E-state index contributed by atoms with van der Waals surface area (Å²) in [6, 6.07) is 10.7. The number of carbonyl (C=O) groups is 2. The number of furan rings is 1. The second-order valence-electron chi connectivity index (χ2n) is 5.87. The van der Waals surface area contributed by atoms with Crippen LogP contribution in [0, 0.1) is 0 Å². The van der Waals surface area contributed by atoms with E-state index in [1.807, 2.05) is 36.1 Å². The summed E-state index contributed by atoms with van der Waals surface area (Å²) in [5.41, 5.74) is 0.795. The molecule has 0 saturated heterocycles. The fraction of sp³-hybridized carbons (Fsp3) is 0.333. The highest BCUT2D eigenvalue weighted by Gasteiger charge is 2.31. The number of hydrogen-bond acceptors (Lipinski definition) is 5. The molecule has 1 aliphatic heterocycles. The summed E-state index contributed by atoms with van der Waals surface area (Å²) in [5.74, 6) is 0.910. The molecule has 2 heterocycles. The largest absolute Gasteiger partial charge is 0.477 e. The predicted molar refractivity (Wildman–Crippen MR) is 92.4 cm³/mol. The topological polar surface area (TPSA) is 83.8 Å². The summed E-state index contributed by atoms with van der Waals surface area (Å²) >= 11 is 0. The van der Waals surface area contributed by atoms with E-state index in [9.17, 15) is 9.59 Å². The van der Waals surface area contributed by atoms with Gasteiger partial charge in [0.15, 0.2) is 6.10 Å². The van der Waals surface area contributed by atoms with Crippen LogP contribution in [0.2, 0.25) is 0 Å². The Balaban J connectivity index is 1.71. The van der Waals surface area contributed by atoms with E-state index in [2.05, 4.69) is 10.6 Å². The van der Waals surface area contributed by atoms with E-state index in [1.54, 1.807) is 25.4 Å². The molecule has 0 saturated carbocycles. The lowest BCUT2D eigenvalue weighted by Crippen LogP contribution is -2.50. The van der Waals surface area contributed by atoms with Crippen molar-refractivity contribution in [2.45, 2.75) is 19.1 Å². The number of anilines is 1. The molecule has 1 aromatic carbocycles. The number of likely N-dealkylation sites (N-methyl/N-ethyl adjacent to an activating group) is 1.